The van der Waals surface area contributed by atoms with Gasteiger partial charge in [-0.25, -0.2) is 0 Å². The second-order valence-electron chi connectivity index (χ2n) is 2.55. The molecule has 0 unspecified atom stereocenters. The van der Waals surface area contributed by atoms with Gasteiger partial charge in [-0.05, 0) is 12.1 Å². The van der Waals surface area contributed by atoms with Crippen molar-refractivity contribution >= 4 is 29.1 Å². The minimum atomic E-state index is -2.62. The first-order valence-corrected chi connectivity index (χ1v) is 8.01. The maximum Gasteiger partial charge on any atom is 0.453 e. The number of hydrogen-bond acceptors (Lipinski definition) is 1. The molecule has 0 fully saturated rings. The number of rotatable bonds is 4. The Hall–Kier alpha value is -0.443. The maximum atomic E-state index is 5.98. The number of halogens is 2. The van der Waals surface area contributed by atoms with Crippen LogP contribution in [0, 0.1) is 0 Å². The average Bonchev–Trinajstić information content (AvgIpc) is 2.04. The standard InChI is InChI=1S/C9H10Cl2OSi/c1-2-8-13(10,11)12-9-6-4-3-5-7-9/h2-7H,1,8H2. The molecule has 1 aromatic rings. The van der Waals surface area contributed by atoms with Crippen LogP contribution in [-0.2, 0) is 0 Å². The van der Waals surface area contributed by atoms with Crippen LogP contribution in [0.4, 0.5) is 0 Å². The van der Waals surface area contributed by atoms with Gasteiger partial charge < -0.3 is 4.43 Å². The van der Waals surface area contributed by atoms with Crippen molar-refractivity contribution in [3.63, 3.8) is 0 Å². The van der Waals surface area contributed by atoms with Crippen LogP contribution < -0.4 is 4.43 Å². The molecular weight excluding hydrogens is 223 g/mol. The van der Waals surface area contributed by atoms with Gasteiger partial charge in [-0.1, -0.05) is 46.4 Å². The molecule has 0 aliphatic heterocycles. The summed E-state index contributed by atoms with van der Waals surface area (Å²) in [5.41, 5.74) is 0. The summed E-state index contributed by atoms with van der Waals surface area (Å²) >= 11 is 12.0. The predicted molar refractivity (Wildman–Crippen MR) is 59.5 cm³/mol. The van der Waals surface area contributed by atoms with Crippen LogP contribution in [0.5, 0.6) is 5.75 Å². The third-order valence-electron chi connectivity index (χ3n) is 1.39. The quantitative estimate of drug-likeness (QED) is 0.438. The summed E-state index contributed by atoms with van der Waals surface area (Å²) in [5.74, 6) is 0.709. The zero-order valence-electron chi connectivity index (χ0n) is 7.04. The van der Waals surface area contributed by atoms with Crippen molar-refractivity contribution in [2.45, 2.75) is 6.04 Å². The Labute approximate surface area is 88.5 Å². The van der Waals surface area contributed by atoms with Gasteiger partial charge in [-0.15, -0.1) is 6.58 Å². The summed E-state index contributed by atoms with van der Waals surface area (Å²) in [4.78, 5) is 0. The topological polar surface area (TPSA) is 9.23 Å². The van der Waals surface area contributed by atoms with Crippen molar-refractivity contribution in [2.24, 2.45) is 0 Å². The van der Waals surface area contributed by atoms with E-state index in [2.05, 4.69) is 6.58 Å². The Morgan fingerprint density at radius 1 is 1.31 bits per heavy atom. The van der Waals surface area contributed by atoms with E-state index in [1.54, 1.807) is 6.08 Å². The van der Waals surface area contributed by atoms with Crippen LogP contribution in [-0.4, -0.2) is 6.94 Å². The van der Waals surface area contributed by atoms with Crippen LogP contribution in [0.25, 0.3) is 0 Å². The van der Waals surface area contributed by atoms with Crippen LogP contribution in [0.2, 0.25) is 6.04 Å². The lowest BCUT2D eigenvalue weighted by molar-refractivity contribution is 0.580. The molecule has 13 heavy (non-hydrogen) atoms. The molecule has 70 valence electrons. The third-order valence-corrected chi connectivity index (χ3v) is 4.08. The Kier molecular flexibility index (Phi) is 3.84. The first-order chi connectivity index (χ1) is 6.14. The number of benzene rings is 1. The third kappa shape index (κ3) is 3.85. The number of hydrogen-bond donors (Lipinski definition) is 0. The van der Waals surface area contributed by atoms with Crippen molar-refractivity contribution in [2.75, 3.05) is 0 Å². The molecule has 0 aromatic heterocycles. The van der Waals surface area contributed by atoms with E-state index >= 15 is 0 Å². The Morgan fingerprint density at radius 2 is 1.92 bits per heavy atom. The first kappa shape index (κ1) is 10.6. The molecule has 0 aliphatic rings. The zero-order valence-corrected chi connectivity index (χ0v) is 9.55. The van der Waals surface area contributed by atoms with Crippen LogP contribution >= 0.6 is 22.2 Å². The monoisotopic (exact) mass is 232 g/mol. The average molecular weight is 233 g/mol. The molecule has 0 amide bonds. The fourth-order valence-electron chi connectivity index (χ4n) is 0.871. The van der Waals surface area contributed by atoms with E-state index in [1.165, 1.54) is 0 Å². The molecule has 0 heterocycles. The second-order valence-corrected chi connectivity index (χ2v) is 8.68. The van der Waals surface area contributed by atoms with Crippen molar-refractivity contribution in [1.29, 1.82) is 0 Å². The summed E-state index contributed by atoms with van der Waals surface area (Å²) in [6, 6.07) is 9.84. The van der Waals surface area contributed by atoms with Gasteiger partial charge in [0, 0.05) is 6.04 Å². The van der Waals surface area contributed by atoms with Gasteiger partial charge in [-0.2, -0.15) is 0 Å². The Morgan fingerprint density at radius 3 is 2.46 bits per heavy atom. The molecule has 4 heteroatoms. The molecule has 0 saturated carbocycles. The SMILES string of the molecule is C=CC[Si](Cl)(Cl)Oc1ccccc1. The number of allylic oxidation sites excluding steroid dienone is 1. The van der Waals surface area contributed by atoms with Crippen molar-refractivity contribution in [3.8, 4) is 5.75 Å². The predicted octanol–water partition coefficient (Wildman–Crippen LogP) is 3.67. The highest BCUT2D eigenvalue weighted by Gasteiger charge is 2.30. The number of para-hydroxylation sites is 1. The molecule has 1 nitrogen and oxygen atoms in total. The highest BCUT2D eigenvalue weighted by molar-refractivity contribution is 7.42. The summed E-state index contributed by atoms with van der Waals surface area (Å²) in [7, 11) is 0. The van der Waals surface area contributed by atoms with Gasteiger partial charge in [0.05, 0.1) is 0 Å². The van der Waals surface area contributed by atoms with Gasteiger partial charge >= 0.3 is 6.94 Å². The van der Waals surface area contributed by atoms with Crippen molar-refractivity contribution in [1.82, 2.24) is 0 Å². The van der Waals surface area contributed by atoms with E-state index in [-0.39, 0.29) is 0 Å². The van der Waals surface area contributed by atoms with Gasteiger partial charge in [0.15, 0.2) is 0 Å². The lowest BCUT2D eigenvalue weighted by Gasteiger charge is -2.16. The minimum absolute atomic E-state index is 0.519. The van der Waals surface area contributed by atoms with E-state index in [0.29, 0.717) is 11.8 Å². The molecule has 0 atom stereocenters. The van der Waals surface area contributed by atoms with Gasteiger partial charge in [-0.3, -0.25) is 0 Å². The molecular formula is C9H10Cl2OSi. The van der Waals surface area contributed by atoms with Crippen molar-refractivity contribution in [3.05, 3.63) is 43.0 Å². The van der Waals surface area contributed by atoms with Crippen LogP contribution in [0.3, 0.4) is 0 Å². The van der Waals surface area contributed by atoms with E-state index in [0.717, 1.165) is 0 Å². The molecule has 1 rings (SSSR count). The minimum Gasteiger partial charge on any atom is -0.518 e. The largest absolute Gasteiger partial charge is 0.518 e. The van der Waals surface area contributed by atoms with Gasteiger partial charge in [0.2, 0.25) is 0 Å². The van der Waals surface area contributed by atoms with Crippen LogP contribution in [0.15, 0.2) is 43.0 Å². The maximum absolute atomic E-state index is 5.98. The zero-order chi connectivity index (χ0) is 9.73. The first-order valence-electron chi connectivity index (χ1n) is 3.87. The van der Waals surface area contributed by atoms with E-state index in [1.807, 2.05) is 30.3 Å². The Balaban J connectivity index is 2.63. The lowest BCUT2D eigenvalue weighted by atomic mass is 10.3. The van der Waals surface area contributed by atoms with Gasteiger partial charge in [0.1, 0.15) is 5.75 Å². The Bertz CT molecular complexity index is 274. The smallest absolute Gasteiger partial charge is 0.453 e. The molecule has 1 aromatic carbocycles. The summed E-state index contributed by atoms with van der Waals surface area (Å²) in [6.45, 7) is 0.956. The normalized spacial score (nSPS) is 10.9. The fourth-order valence-corrected chi connectivity index (χ4v) is 2.96. The van der Waals surface area contributed by atoms with E-state index in [4.69, 9.17) is 26.6 Å². The molecule has 0 aliphatic carbocycles. The van der Waals surface area contributed by atoms with Crippen LogP contribution in [0.1, 0.15) is 0 Å². The molecule has 0 spiro atoms. The highest BCUT2D eigenvalue weighted by Crippen LogP contribution is 2.25. The van der Waals surface area contributed by atoms with Gasteiger partial charge in [0.25, 0.3) is 0 Å². The summed E-state index contributed by atoms with van der Waals surface area (Å²) < 4.78 is 5.44. The summed E-state index contributed by atoms with van der Waals surface area (Å²) in [6.07, 6.45) is 1.68. The highest BCUT2D eigenvalue weighted by atomic mass is 35.7. The second kappa shape index (κ2) is 4.70. The molecule has 0 N–H and O–H groups in total. The molecule has 0 bridgehead atoms. The van der Waals surface area contributed by atoms with Crippen molar-refractivity contribution < 1.29 is 4.43 Å². The fraction of sp³-hybridized carbons (Fsp3) is 0.111. The molecule has 0 radical (unpaired) electrons. The molecule has 0 saturated heterocycles. The van der Waals surface area contributed by atoms with E-state index in [9.17, 15) is 0 Å². The summed E-state index contributed by atoms with van der Waals surface area (Å²) in [5, 5.41) is 0. The van der Waals surface area contributed by atoms with E-state index < -0.39 is 6.94 Å². The lowest BCUT2D eigenvalue weighted by Crippen LogP contribution is -2.27.